The molecule has 206 valence electrons. The molecule has 1 aliphatic rings. The molecule has 0 aliphatic carbocycles. The Hall–Kier alpha value is -3.29. The summed E-state index contributed by atoms with van der Waals surface area (Å²) in [5.74, 6) is -0.491. The van der Waals surface area contributed by atoms with E-state index < -0.39 is 5.97 Å². The minimum atomic E-state index is -0.574. The summed E-state index contributed by atoms with van der Waals surface area (Å²) in [7, 11) is 0. The third kappa shape index (κ3) is 7.17. The quantitative estimate of drug-likeness (QED) is 0.304. The number of carbonyl (C=O) groups excluding carboxylic acids is 3. The highest BCUT2D eigenvalue weighted by Gasteiger charge is 2.34. The summed E-state index contributed by atoms with van der Waals surface area (Å²) in [6.07, 6.45) is 7.22. The van der Waals surface area contributed by atoms with Gasteiger partial charge in [0.1, 0.15) is 17.1 Å². The van der Waals surface area contributed by atoms with Crippen LogP contribution < -0.4 is 0 Å². The maximum absolute atomic E-state index is 13.6. The number of hydrogen-bond acceptors (Lipinski definition) is 6. The highest BCUT2D eigenvalue weighted by atomic mass is 16.5. The van der Waals surface area contributed by atoms with Crippen LogP contribution in [-0.2, 0) is 17.6 Å². The first-order valence-electron chi connectivity index (χ1n) is 14.0. The molecule has 2 heterocycles. The van der Waals surface area contributed by atoms with Crippen LogP contribution in [-0.4, -0.2) is 69.8 Å². The zero-order valence-electron chi connectivity index (χ0n) is 23.6. The molecule has 0 bridgehead atoms. The number of rotatable bonds is 11. The second-order valence-corrected chi connectivity index (χ2v) is 10.0. The van der Waals surface area contributed by atoms with Crippen molar-refractivity contribution in [2.45, 2.75) is 85.6 Å². The number of unbranched alkanes of at least 4 members (excludes halogenated alkanes) is 3. The Bertz CT molecular complexity index is 1120. The molecule has 1 aliphatic heterocycles. The summed E-state index contributed by atoms with van der Waals surface area (Å²) in [5, 5.41) is 0. The van der Waals surface area contributed by atoms with Crippen molar-refractivity contribution in [3.05, 3.63) is 58.2 Å². The minimum Gasteiger partial charge on any atom is -0.462 e. The summed E-state index contributed by atoms with van der Waals surface area (Å²) >= 11 is 0. The molecule has 1 aromatic carbocycles. The van der Waals surface area contributed by atoms with Crippen LogP contribution in [0.25, 0.3) is 0 Å². The second-order valence-electron chi connectivity index (χ2n) is 10.0. The standard InChI is InChI=1S/C30H42N4O4/c1-6-9-10-11-13-23-14-16-24(17-15-23)28(35)34-19-18-33(20-21(34)4)29(36)27-26(30(37)38-8-3)25(12-7-2)31-22(5)32-27/h14-17,21H,6-13,18-20H2,1-5H3. The summed E-state index contributed by atoms with van der Waals surface area (Å²) in [6.45, 7) is 10.9. The van der Waals surface area contributed by atoms with Gasteiger partial charge in [-0.25, -0.2) is 14.8 Å². The van der Waals surface area contributed by atoms with E-state index in [9.17, 15) is 14.4 Å². The summed E-state index contributed by atoms with van der Waals surface area (Å²) in [5.41, 5.74) is 2.69. The van der Waals surface area contributed by atoms with E-state index in [1.165, 1.54) is 24.8 Å². The van der Waals surface area contributed by atoms with Gasteiger partial charge in [-0.3, -0.25) is 9.59 Å². The van der Waals surface area contributed by atoms with Crippen LogP contribution in [0.3, 0.4) is 0 Å². The van der Waals surface area contributed by atoms with E-state index in [-0.39, 0.29) is 35.7 Å². The Labute approximate surface area is 226 Å². The number of amides is 2. The summed E-state index contributed by atoms with van der Waals surface area (Å²) < 4.78 is 5.25. The molecule has 8 heteroatoms. The predicted molar refractivity (Wildman–Crippen MR) is 147 cm³/mol. The highest BCUT2D eigenvalue weighted by molar-refractivity contribution is 6.04. The molecule has 0 saturated carbocycles. The molecule has 2 amide bonds. The van der Waals surface area contributed by atoms with Gasteiger partial charge in [0, 0.05) is 31.2 Å². The molecule has 3 rings (SSSR count). The molecule has 2 aromatic rings. The second kappa shape index (κ2) is 14.0. The van der Waals surface area contributed by atoms with Crippen molar-refractivity contribution >= 4 is 17.8 Å². The molecular formula is C30H42N4O4. The fourth-order valence-corrected chi connectivity index (χ4v) is 4.95. The van der Waals surface area contributed by atoms with E-state index in [2.05, 4.69) is 16.9 Å². The number of nitrogens with zero attached hydrogens (tertiary/aromatic N) is 4. The third-order valence-corrected chi connectivity index (χ3v) is 6.96. The van der Waals surface area contributed by atoms with Gasteiger partial charge < -0.3 is 14.5 Å². The average molecular weight is 523 g/mol. The van der Waals surface area contributed by atoms with Gasteiger partial charge in [-0.2, -0.15) is 0 Å². The van der Waals surface area contributed by atoms with E-state index in [1.54, 1.807) is 18.7 Å². The normalized spacial score (nSPS) is 15.4. The van der Waals surface area contributed by atoms with Crippen LogP contribution in [0.4, 0.5) is 0 Å². The minimum absolute atomic E-state index is 0.0301. The van der Waals surface area contributed by atoms with Crippen molar-refractivity contribution < 1.29 is 19.1 Å². The van der Waals surface area contributed by atoms with E-state index in [0.717, 1.165) is 19.3 Å². The van der Waals surface area contributed by atoms with E-state index in [1.807, 2.05) is 43.0 Å². The Morgan fingerprint density at radius 3 is 2.29 bits per heavy atom. The van der Waals surface area contributed by atoms with Crippen molar-refractivity contribution in [1.82, 2.24) is 19.8 Å². The van der Waals surface area contributed by atoms with Crippen LogP contribution in [0, 0.1) is 6.92 Å². The molecule has 1 unspecified atom stereocenters. The monoisotopic (exact) mass is 522 g/mol. The third-order valence-electron chi connectivity index (χ3n) is 6.96. The van der Waals surface area contributed by atoms with E-state index in [4.69, 9.17) is 4.74 Å². The number of piperazine rings is 1. The van der Waals surface area contributed by atoms with Crippen molar-refractivity contribution in [2.75, 3.05) is 26.2 Å². The van der Waals surface area contributed by atoms with Crippen molar-refractivity contribution in [3.63, 3.8) is 0 Å². The summed E-state index contributed by atoms with van der Waals surface area (Å²) in [4.78, 5) is 52.0. The maximum Gasteiger partial charge on any atom is 0.342 e. The van der Waals surface area contributed by atoms with Crippen LogP contribution in [0.1, 0.15) is 108 Å². The zero-order valence-corrected chi connectivity index (χ0v) is 23.6. The van der Waals surface area contributed by atoms with Crippen molar-refractivity contribution in [1.29, 1.82) is 0 Å². The SMILES string of the molecule is CCCCCCc1ccc(C(=O)N2CCN(C(=O)c3nc(C)nc(CCC)c3C(=O)OCC)CC2C)cc1. The number of carbonyl (C=O) groups is 3. The summed E-state index contributed by atoms with van der Waals surface area (Å²) in [6, 6.07) is 7.73. The molecule has 1 fully saturated rings. The van der Waals surface area contributed by atoms with Crippen LogP contribution in [0.15, 0.2) is 24.3 Å². The lowest BCUT2D eigenvalue weighted by molar-refractivity contribution is 0.0405. The van der Waals surface area contributed by atoms with Gasteiger partial charge in [0.2, 0.25) is 0 Å². The molecule has 1 atom stereocenters. The lowest BCUT2D eigenvalue weighted by atomic mass is 10.0. The Balaban J connectivity index is 1.72. The van der Waals surface area contributed by atoms with E-state index >= 15 is 0 Å². The van der Waals surface area contributed by atoms with Crippen LogP contribution in [0.5, 0.6) is 0 Å². The van der Waals surface area contributed by atoms with Gasteiger partial charge in [0.25, 0.3) is 11.8 Å². The smallest absolute Gasteiger partial charge is 0.342 e. The first kappa shape index (κ1) is 29.3. The van der Waals surface area contributed by atoms with Crippen LogP contribution in [0.2, 0.25) is 0 Å². The van der Waals surface area contributed by atoms with Gasteiger partial charge in [0.05, 0.1) is 12.3 Å². The lowest BCUT2D eigenvalue weighted by Gasteiger charge is -2.40. The van der Waals surface area contributed by atoms with Crippen molar-refractivity contribution in [2.24, 2.45) is 0 Å². The van der Waals surface area contributed by atoms with Gasteiger partial charge in [-0.05, 0) is 57.7 Å². The number of aromatic nitrogens is 2. The average Bonchev–Trinajstić information content (AvgIpc) is 2.90. The van der Waals surface area contributed by atoms with Gasteiger partial charge in [-0.15, -0.1) is 0 Å². The predicted octanol–water partition coefficient (Wildman–Crippen LogP) is 5.02. The molecule has 0 N–H and O–H groups in total. The van der Waals surface area contributed by atoms with Crippen molar-refractivity contribution in [3.8, 4) is 0 Å². The Morgan fingerprint density at radius 1 is 0.921 bits per heavy atom. The largest absolute Gasteiger partial charge is 0.462 e. The molecule has 8 nitrogen and oxygen atoms in total. The molecule has 38 heavy (non-hydrogen) atoms. The fraction of sp³-hybridized carbons (Fsp3) is 0.567. The lowest BCUT2D eigenvalue weighted by Crippen LogP contribution is -2.55. The Kier molecular flexibility index (Phi) is 10.8. The van der Waals surface area contributed by atoms with E-state index in [0.29, 0.717) is 43.1 Å². The molecule has 1 aromatic heterocycles. The topological polar surface area (TPSA) is 92.7 Å². The highest BCUT2D eigenvalue weighted by Crippen LogP contribution is 2.21. The number of ether oxygens (including phenoxy) is 1. The molecule has 0 radical (unpaired) electrons. The first-order valence-corrected chi connectivity index (χ1v) is 14.0. The number of aryl methyl sites for hydroxylation is 3. The zero-order chi connectivity index (χ0) is 27.7. The number of benzene rings is 1. The number of hydrogen-bond donors (Lipinski definition) is 0. The maximum atomic E-state index is 13.6. The molecular weight excluding hydrogens is 480 g/mol. The molecule has 1 saturated heterocycles. The Morgan fingerprint density at radius 2 is 1.66 bits per heavy atom. The van der Waals surface area contributed by atoms with Gasteiger partial charge in [-0.1, -0.05) is 51.7 Å². The van der Waals surface area contributed by atoms with Gasteiger partial charge in [0.15, 0.2) is 0 Å². The number of esters is 1. The van der Waals surface area contributed by atoms with Crippen LogP contribution >= 0.6 is 0 Å². The molecule has 0 spiro atoms. The first-order chi connectivity index (χ1) is 18.3. The van der Waals surface area contributed by atoms with Gasteiger partial charge >= 0.3 is 5.97 Å². The fourth-order valence-electron chi connectivity index (χ4n) is 4.95.